The fourth-order valence-corrected chi connectivity index (χ4v) is 2.35. The summed E-state index contributed by atoms with van der Waals surface area (Å²) < 4.78 is 0. The van der Waals surface area contributed by atoms with Gasteiger partial charge in [0.2, 0.25) is 5.91 Å². The van der Waals surface area contributed by atoms with Crippen LogP contribution in [-0.2, 0) is 9.59 Å². The first-order valence-electron chi connectivity index (χ1n) is 7.03. The molecule has 0 saturated carbocycles. The first-order valence-corrected chi connectivity index (χ1v) is 7.03. The highest BCUT2D eigenvalue weighted by atomic mass is 16.4. The van der Waals surface area contributed by atoms with Gasteiger partial charge in [-0.3, -0.25) is 4.79 Å². The first kappa shape index (κ1) is 16.3. The summed E-state index contributed by atoms with van der Waals surface area (Å²) in [4.78, 5) is 35.7. The number of hydrogen-bond acceptors (Lipinski definition) is 3. The van der Waals surface area contributed by atoms with Crippen LogP contribution < -0.4 is 11.1 Å². The Bertz CT molecular complexity index is 373. The van der Waals surface area contributed by atoms with Crippen molar-refractivity contribution in [2.45, 2.75) is 45.1 Å². The number of urea groups is 1. The number of piperidine rings is 1. The summed E-state index contributed by atoms with van der Waals surface area (Å²) in [7, 11) is 0. The third-order valence-corrected chi connectivity index (χ3v) is 3.56. The van der Waals surface area contributed by atoms with Crippen LogP contribution in [0, 0.1) is 5.92 Å². The van der Waals surface area contributed by atoms with E-state index >= 15 is 0 Å². The van der Waals surface area contributed by atoms with E-state index in [1.165, 1.54) is 4.90 Å². The molecule has 1 rings (SSSR count). The molecular weight excluding hydrogens is 262 g/mol. The molecule has 0 aromatic heterocycles. The van der Waals surface area contributed by atoms with Gasteiger partial charge in [0.05, 0.1) is 5.92 Å². The number of primary amides is 1. The van der Waals surface area contributed by atoms with Crippen molar-refractivity contribution in [2.75, 3.05) is 13.1 Å². The molecule has 2 atom stereocenters. The highest BCUT2D eigenvalue weighted by molar-refractivity contribution is 5.85. The minimum atomic E-state index is -1.02. The zero-order valence-corrected chi connectivity index (χ0v) is 11.8. The number of nitrogens with zero attached hydrogens (tertiary/aromatic N) is 1. The summed E-state index contributed by atoms with van der Waals surface area (Å²) in [6.07, 6.45) is 3.39. The van der Waals surface area contributed by atoms with Crippen LogP contribution in [0.1, 0.15) is 39.0 Å². The Kier molecular flexibility index (Phi) is 6.27. The molecule has 7 nitrogen and oxygen atoms in total. The van der Waals surface area contributed by atoms with E-state index in [-0.39, 0.29) is 18.4 Å². The van der Waals surface area contributed by atoms with Crippen molar-refractivity contribution in [2.24, 2.45) is 11.7 Å². The van der Waals surface area contributed by atoms with Crippen LogP contribution in [0.3, 0.4) is 0 Å². The zero-order chi connectivity index (χ0) is 15.1. The van der Waals surface area contributed by atoms with Crippen molar-refractivity contribution in [3.63, 3.8) is 0 Å². The summed E-state index contributed by atoms with van der Waals surface area (Å²) >= 11 is 0. The number of aliphatic carboxylic acids is 1. The molecule has 0 aliphatic carbocycles. The van der Waals surface area contributed by atoms with E-state index in [9.17, 15) is 14.4 Å². The van der Waals surface area contributed by atoms with Crippen molar-refractivity contribution < 1.29 is 19.5 Å². The third kappa shape index (κ3) is 4.71. The predicted molar refractivity (Wildman–Crippen MR) is 73.0 cm³/mol. The molecule has 1 aliphatic rings. The van der Waals surface area contributed by atoms with E-state index in [4.69, 9.17) is 10.8 Å². The van der Waals surface area contributed by atoms with Crippen molar-refractivity contribution >= 4 is 17.9 Å². The molecule has 0 unspecified atom stereocenters. The molecule has 3 amide bonds. The van der Waals surface area contributed by atoms with E-state index in [2.05, 4.69) is 5.32 Å². The zero-order valence-electron chi connectivity index (χ0n) is 11.8. The monoisotopic (exact) mass is 285 g/mol. The second kappa shape index (κ2) is 7.72. The summed E-state index contributed by atoms with van der Waals surface area (Å²) in [6, 6.07) is -1.39. The Labute approximate surface area is 118 Å². The summed E-state index contributed by atoms with van der Waals surface area (Å²) in [5.74, 6) is -1.70. The van der Waals surface area contributed by atoms with Crippen molar-refractivity contribution in [1.29, 1.82) is 0 Å². The lowest BCUT2D eigenvalue weighted by atomic mass is 9.96. The van der Waals surface area contributed by atoms with Gasteiger partial charge in [0.1, 0.15) is 6.04 Å². The van der Waals surface area contributed by atoms with Crippen LogP contribution in [0.2, 0.25) is 0 Å². The molecule has 1 heterocycles. The Balaban J connectivity index is 2.55. The van der Waals surface area contributed by atoms with Crippen LogP contribution in [0.25, 0.3) is 0 Å². The van der Waals surface area contributed by atoms with Crippen LogP contribution in [0.4, 0.5) is 4.79 Å². The lowest BCUT2D eigenvalue weighted by Gasteiger charge is -2.31. The molecule has 1 saturated heterocycles. The maximum Gasteiger partial charge on any atom is 0.326 e. The van der Waals surface area contributed by atoms with Crippen LogP contribution >= 0.6 is 0 Å². The number of carbonyl (C=O) groups excluding carboxylic acids is 2. The third-order valence-electron chi connectivity index (χ3n) is 3.56. The molecule has 0 spiro atoms. The van der Waals surface area contributed by atoms with Crippen molar-refractivity contribution in [1.82, 2.24) is 10.2 Å². The van der Waals surface area contributed by atoms with Gasteiger partial charge in [-0.05, 0) is 19.3 Å². The molecule has 114 valence electrons. The topological polar surface area (TPSA) is 113 Å². The van der Waals surface area contributed by atoms with Gasteiger partial charge in [-0.25, -0.2) is 9.59 Å². The highest BCUT2D eigenvalue weighted by Gasteiger charge is 2.30. The van der Waals surface area contributed by atoms with Gasteiger partial charge >= 0.3 is 12.0 Å². The van der Waals surface area contributed by atoms with Gasteiger partial charge in [-0.2, -0.15) is 0 Å². The second-order valence-corrected chi connectivity index (χ2v) is 5.17. The van der Waals surface area contributed by atoms with E-state index < -0.39 is 18.0 Å². The van der Waals surface area contributed by atoms with Crippen LogP contribution in [0.15, 0.2) is 0 Å². The molecule has 20 heavy (non-hydrogen) atoms. The smallest absolute Gasteiger partial charge is 0.326 e. The fraction of sp³-hybridized carbons (Fsp3) is 0.769. The molecule has 0 bridgehead atoms. The van der Waals surface area contributed by atoms with Gasteiger partial charge in [0.25, 0.3) is 0 Å². The van der Waals surface area contributed by atoms with Gasteiger partial charge in [-0.15, -0.1) is 0 Å². The number of amides is 3. The van der Waals surface area contributed by atoms with Gasteiger partial charge in [0, 0.05) is 13.1 Å². The molecule has 7 heteroatoms. The SMILES string of the molecule is CCCC[C@@H](NC(=O)[C@H]1CCCN(C(N)=O)C1)C(=O)O. The summed E-state index contributed by atoms with van der Waals surface area (Å²) in [6.45, 7) is 2.78. The molecule has 4 N–H and O–H groups in total. The van der Waals surface area contributed by atoms with Gasteiger partial charge in [0.15, 0.2) is 0 Å². The molecule has 0 radical (unpaired) electrons. The van der Waals surface area contributed by atoms with Crippen molar-refractivity contribution in [3.05, 3.63) is 0 Å². The van der Waals surface area contributed by atoms with E-state index in [0.717, 1.165) is 12.8 Å². The summed E-state index contributed by atoms with van der Waals surface area (Å²) in [5.41, 5.74) is 5.21. The average Bonchev–Trinajstić information content (AvgIpc) is 2.42. The molecule has 0 aromatic rings. The lowest BCUT2D eigenvalue weighted by Crippen LogP contribution is -2.50. The number of carbonyl (C=O) groups is 3. The highest BCUT2D eigenvalue weighted by Crippen LogP contribution is 2.17. The van der Waals surface area contributed by atoms with Crippen LogP contribution in [-0.4, -0.2) is 47.0 Å². The number of nitrogens with two attached hydrogens (primary N) is 1. The summed E-state index contributed by atoms with van der Waals surface area (Å²) in [5, 5.41) is 11.7. The number of unbranched alkanes of at least 4 members (excludes halogenated alkanes) is 1. The first-order chi connectivity index (χ1) is 9.45. The second-order valence-electron chi connectivity index (χ2n) is 5.17. The number of hydrogen-bond donors (Lipinski definition) is 3. The number of carboxylic acids is 1. The Hall–Kier alpha value is -1.79. The largest absolute Gasteiger partial charge is 0.480 e. The van der Waals surface area contributed by atoms with E-state index in [1.807, 2.05) is 6.92 Å². The number of rotatable bonds is 6. The fourth-order valence-electron chi connectivity index (χ4n) is 2.35. The standard InChI is InChI=1S/C13H23N3O4/c1-2-3-6-10(12(18)19)15-11(17)9-5-4-7-16(8-9)13(14)20/h9-10H,2-8H2,1H3,(H2,14,20)(H,15,17)(H,18,19)/t9-,10+/m0/s1. The van der Waals surface area contributed by atoms with Gasteiger partial charge < -0.3 is 21.1 Å². The molecule has 0 aromatic carbocycles. The number of nitrogens with one attached hydrogen (secondary N) is 1. The Morgan fingerprint density at radius 1 is 1.45 bits per heavy atom. The molecule has 1 fully saturated rings. The Morgan fingerprint density at radius 2 is 2.15 bits per heavy atom. The minimum absolute atomic E-state index is 0.265. The van der Waals surface area contributed by atoms with Crippen molar-refractivity contribution in [3.8, 4) is 0 Å². The molecular formula is C13H23N3O4. The van der Waals surface area contributed by atoms with Gasteiger partial charge in [-0.1, -0.05) is 19.8 Å². The average molecular weight is 285 g/mol. The number of carboxylic acid groups (broad SMARTS) is 1. The maximum atomic E-state index is 12.1. The Morgan fingerprint density at radius 3 is 2.70 bits per heavy atom. The molecule has 1 aliphatic heterocycles. The normalized spacial score (nSPS) is 20.2. The number of likely N-dealkylation sites (tertiary alicyclic amines) is 1. The van der Waals surface area contributed by atoms with E-state index in [0.29, 0.717) is 25.8 Å². The predicted octanol–water partition coefficient (Wildman–Crippen LogP) is 0.537. The maximum absolute atomic E-state index is 12.1. The quantitative estimate of drug-likeness (QED) is 0.661. The lowest BCUT2D eigenvalue weighted by molar-refractivity contribution is -0.143. The van der Waals surface area contributed by atoms with Crippen LogP contribution in [0.5, 0.6) is 0 Å². The van der Waals surface area contributed by atoms with E-state index in [1.54, 1.807) is 0 Å². The minimum Gasteiger partial charge on any atom is -0.480 e.